The van der Waals surface area contributed by atoms with Gasteiger partial charge < -0.3 is 5.73 Å². The lowest BCUT2D eigenvalue weighted by atomic mass is 9.96. The molecule has 1 rings (SSSR count). The van der Waals surface area contributed by atoms with E-state index in [0.29, 0.717) is 0 Å². The third-order valence-electron chi connectivity index (χ3n) is 1.52. The summed E-state index contributed by atoms with van der Waals surface area (Å²) in [6.07, 6.45) is 0. The van der Waals surface area contributed by atoms with Crippen LogP contribution in [0.25, 0.3) is 0 Å². The van der Waals surface area contributed by atoms with E-state index in [2.05, 4.69) is 0 Å². The molecule has 0 bridgehead atoms. The summed E-state index contributed by atoms with van der Waals surface area (Å²) < 4.78 is 0. The van der Waals surface area contributed by atoms with Gasteiger partial charge in [0.25, 0.3) is 0 Å². The first kappa shape index (κ1) is 11.2. The van der Waals surface area contributed by atoms with Crippen LogP contribution in [0.3, 0.4) is 0 Å². The molecular weight excluding hydrogens is 146 g/mol. The average Bonchev–Trinajstić information content (AvgIpc) is 2.08. The summed E-state index contributed by atoms with van der Waals surface area (Å²) in [6.45, 7) is 8.00. The van der Waals surface area contributed by atoms with E-state index in [4.69, 9.17) is 5.73 Å². The molecule has 0 aliphatic carbocycles. The molecule has 0 radical (unpaired) electrons. The maximum Gasteiger partial charge on any atom is 0.0352 e. The fourth-order valence-corrected chi connectivity index (χ4v) is 0.868. The van der Waals surface area contributed by atoms with E-state index in [1.807, 2.05) is 58.0 Å². The van der Waals surface area contributed by atoms with Crippen molar-refractivity contribution < 1.29 is 0 Å². The third-order valence-corrected chi connectivity index (χ3v) is 1.52. The molecule has 2 N–H and O–H groups in total. The molecule has 0 unspecified atom stereocenters. The predicted molar refractivity (Wildman–Crippen MR) is 55.0 cm³/mol. The van der Waals surface area contributed by atoms with E-state index < -0.39 is 0 Å². The highest BCUT2D eigenvalue weighted by Gasteiger charge is 2.11. The van der Waals surface area contributed by atoms with Crippen LogP contribution in [-0.4, -0.2) is 0 Å². The van der Waals surface area contributed by atoms with Crippen molar-refractivity contribution in [3.8, 4) is 0 Å². The molecule has 1 heteroatoms. The van der Waals surface area contributed by atoms with E-state index in [1.54, 1.807) is 0 Å². The van der Waals surface area contributed by atoms with Crippen molar-refractivity contribution in [2.75, 3.05) is 0 Å². The van der Waals surface area contributed by atoms with Gasteiger partial charge in [-0.3, -0.25) is 0 Å². The molecule has 0 fully saturated rings. The summed E-state index contributed by atoms with van der Waals surface area (Å²) in [5.41, 5.74) is 6.83. The molecule has 1 aromatic rings. The predicted octanol–water partition coefficient (Wildman–Crippen LogP) is 2.91. The topological polar surface area (TPSA) is 26.0 Å². The highest BCUT2D eigenvalue weighted by molar-refractivity contribution is 5.21. The minimum Gasteiger partial charge on any atom is -0.322 e. The van der Waals surface area contributed by atoms with Gasteiger partial charge in [-0.1, -0.05) is 44.2 Å². The minimum absolute atomic E-state index is 0.207. The van der Waals surface area contributed by atoms with Crippen LogP contribution in [0.1, 0.15) is 33.3 Å². The monoisotopic (exact) mass is 165 g/mol. The first-order valence-electron chi connectivity index (χ1n) is 4.45. The molecule has 1 nitrogen and oxygen atoms in total. The Morgan fingerprint density at radius 3 is 1.67 bits per heavy atom. The number of benzene rings is 1. The van der Waals surface area contributed by atoms with Crippen LogP contribution in [0.15, 0.2) is 30.3 Å². The van der Waals surface area contributed by atoms with Crippen LogP contribution in [0.2, 0.25) is 0 Å². The summed E-state index contributed by atoms with van der Waals surface area (Å²) in [5, 5.41) is 0. The Bertz CT molecular complexity index is 196. The van der Waals surface area contributed by atoms with Crippen molar-refractivity contribution in [3.63, 3.8) is 0 Å². The molecular formula is C11H19N. The molecule has 1 aromatic carbocycles. The molecule has 0 spiro atoms. The summed E-state index contributed by atoms with van der Waals surface area (Å²) in [5.74, 6) is 0. The third kappa shape index (κ3) is 3.54. The zero-order valence-electron chi connectivity index (χ0n) is 8.46. The highest BCUT2D eigenvalue weighted by Crippen LogP contribution is 2.14. The molecule has 0 amide bonds. The number of hydrogen-bond acceptors (Lipinski definition) is 1. The Balaban J connectivity index is 0.000000561. The second-order valence-corrected chi connectivity index (χ2v) is 3.09. The van der Waals surface area contributed by atoms with Crippen molar-refractivity contribution in [2.24, 2.45) is 5.73 Å². The van der Waals surface area contributed by atoms with Crippen LogP contribution < -0.4 is 5.73 Å². The van der Waals surface area contributed by atoms with Crippen molar-refractivity contribution in [1.29, 1.82) is 0 Å². The molecule has 0 saturated carbocycles. The Morgan fingerprint density at radius 2 is 1.42 bits per heavy atom. The maximum atomic E-state index is 5.86. The van der Waals surface area contributed by atoms with Gasteiger partial charge in [0.05, 0.1) is 0 Å². The van der Waals surface area contributed by atoms with E-state index in [-0.39, 0.29) is 5.54 Å². The lowest BCUT2D eigenvalue weighted by Gasteiger charge is -2.18. The second kappa shape index (κ2) is 4.94. The number of rotatable bonds is 1. The van der Waals surface area contributed by atoms with E-state index in [1.165, 1.54) is 5.56 Å². The van der Waals surface area contributed by atoms with E-state index in [0.717, 1.165) is 0 Å². The molecule has 0 saturated heterocycles. The van der Waals surface area contributed by atoms with Crippen LogP contribution in [0.4, 0.5) is 0 Å². The van der Waals surface area contributed by atoms with Gasteiger partial charge in [0, 0.05) is 5.54 Å². The largest absolute Gasteiger partial charge is 0.322 e. The van der Waals surface area contributed by atoms with Crippen LogP contribution in [-0.2, 0) is 5.54 Å². The minimum atomic E-state index is -0.207. The Hall–Kier alpha value is -0.820. The number of hydrogen-bond donors (Lipinski definition) is 1. The fraction of sp³-hybridized carbons (Fsp3) is 0.455. The highest BCUT2D eigenvalue weighted by atomic mass is 14.7. The standard InChI is InChI=1S/C9H13N.C2H6/c1-9(2,10)8-6-4-3-5-7-8;1-2/h3-7H,10H2,1-2H3;1-2H3. The quantitative estimate of drug-likeness (QED) is 0.680. The molecule has 0 aliphatic heterocycles. The lowest BCUT2D eigenvalue weighted by molar-refractivity contribution is 0.554. The molecule has 0 atom stereocenters. The molecule has 0 heterocycles. The number of nitrogens with two attached hydrogens (primary N) is 1. The van der Waals surface area contributed by atoms with Crippen LogP contribution >= 0.6 is 0 Å². The van der Waals surface area contributed by atoms with Gasteiger partial charge in [0.2, 0.25) is 0 Å². The fourth-order valence-electron chi connectivity index (χ4n) is 0.868. The maximum absolute atomic E-state index is 5.86. The summed E-state index contributed by atoms with van der Waals surface area (Å²) >= 11 is 0. The lowest BCUT2D eigenvalue weighted by Crippen LogP contribution is -2.28. The Kier molecular flexibility index (Phi) is 4.60. The van der Waals surface area contributed by atoms with Crippen molar-refractivity contribution in [2.45, 2.75) is 33.2 Å². The Morgan fingerprint density at radius 1 is 1.00 bits per heavy atom. The van der Waals surface area contributed by atoms with E-state index >= 15 is 0 Å². The zero-order chi connectivity index (χ0) is 9.61. The smallest absolute Gasteiger partial charge is 0.0352 e. The SMILES string of the molecule is CC.CC(C)(N)c1ccccc1. The summed E-state index contributed by atoms with van der Waals surface area (Å²) in [6, 6.07) is 10.1. The van der Waals surface area contributed by atoms with Gasteiger partial charge in [0.1, 0.15) is 0 Å². The average molecular weight is 165 g/mol. The Labute approximate surface area is 75.6 Å². The van der Waals surface area contributed by atoms with Gasteiger partial charge in [-0.2, -0.15) is 0 Å². The van der Waals surface area contributed by atoms with Crippen molar-refractivity contribution >= 4 is 0 Å². The van der Waals surface area contributed by atoms with E-state index in [9.17, 15) is 0 Å². The van der Waals surface area contributed by atoms with Gasteiger partial charge >= 0.3 is 0 Å². The molecule has 0 aromatic heterocycles. The van der Waals surface area contributed by atoms with Crippen molar-refractivity contribution in [3.05, 3.63) is 35.9 Å². The van der Waals surface area contributed by atoms with Gasteiger partial charge in [0.15, 0.2) is 0 Å². The first-order valence-corrected chi connectivity index (χ1v) is 4.45. The van der Waals surface area contributed by atoms with Crippen LogP contribution in [0, 0.1) is 0 Å². The van der Waals surface area contributed by atoms with Gasteiger partial charge in [-0.05, 0) is 19.4 Å². The zero-order valence-corrected chi connectivity index (χ0v) is 8.46. The van der Waals surface area contributed by atoms with Crippen molar-refractivity contribution in [1.82, 2.24) is 0 Å². The molecule has 68 valence electrons. The normalized spacial score (nSPS) is 10.1. The first-order chi connectivity index (χ1) is 5.61. The molecule has 12 heavy (non-hydrogen) atoms. The molecule has 0 aliphatic rings. The summed E-state index contributed by atoms with van der Waals surface area (Å²) in [4.78, 5) is 0. The summed E-state index contributed by atoms with van der Waals surface area (Å²) in [7, 11) is 0. The second-order valence-electron chi connectivity index (χ2n) is 3.09. The van der Waals surface area contributed by atoms with Gasteiger partial charge in [-0.25, -0.2) is 0 Å². The van der Waals surface area contributed by atoms with Crippen LogP contribution in [0.5, 0.6) is 0 Å². The van der Waals surface area contributed by atoms with Gasteiger partial charge in [-0.15, -0.1) is 0 Å².